The Morgan fingerprint density at radius 1 is 1.60 bits per heavy atom. The van der Waals surface area contributed by atoms with Crippen molar-refractivity contribution in [3.05, 3.63) is 50.7 Å². The van der Waals surface area contributed by atoms with Gasteiger partial charge in [0.1, 0.15) is 0 Å². The summed E-state index contributed by atoms with van der Waals surface area (Å²) in [6.45, 7) is 1.91. The van der Waals surface area contributed by atoms with E-state index >= 15 is 0 Å². The third kappa shape index (κ3) is 3.72. The summed E-state index contributed by atoms with van der Waals surface area (Å²) < 4.78 is 0. The Labute approximate surface area is 93.5 Å². The van der Waals surface area contributed by atoms with E-state index in [1.807, 2.05) is 6.92 Å². The molecule has 1 rings (SSSR count). The van der Waals surface area contributed by atoms with Crippen molar-refractivity contribution in [1.82, 2.24) is 0 Å². The highest BCUT2D eigenvalue weighted by Gasteiger charge is 2.08. The zero-order valence-corrected chi connectivity index (χ0v) is 9.20. The Hall–Kier alpha value is -1.35. The van der Waals surface area contributed by atoms with Gasteiger partial charge in [0.05, 0.1) is 4.92 Å². The Balaban J connectivity index is 2.96. The van der Waals surface area contributed by atoms with Crippen molar-refractivity contribution < 1.29 is 4.92 Å². The second kappa shape index (κ2) is 5.51. The lowest BCUT2D eigenvalue weighted by Crippen LogP contribution is -1.97. The van der Waals surface area contributed by atoms with Crippen LogP contribution in [0, 0.1) is 10.1 Å². The average Bonchev–Trinajstić information content (AvgIpc) is 2.17. The lowest BCUT2D eigenvalue weighted by molar-refractivity contribution is -0.426. The molecular formula is C11H12ClNO2. The van der Waals surface area contributed by atoms with E-state index < -0.39 is 0 Å². The van der Waals surface area contributed by atoms with Crippen molar-refractivity contribution in [2.75, 3.05) is 0 Å². The first-order chi connectivity index (χ1) is 7.13. The molecule has 0 aliphatic rings. The zero-order chi connectivity index (χ0) is 11.3. The molecule has 0 saturated carbocycles. The van der Waals surface area contributed by atoms with Crippen LogP contribution in [-0.4, -0.2) is 4.92 Å². The topological polar surface area (TPSA) is 43.1 Å². The molecule has 0 radical (unpaired) electrons. The van der Waals surface area contributed by atoms with Crippen molar-refractivity contribution in [2.24, 2.45) is 0 Å². The molecule has 3 nitrogen and oxygen atoms in total. The molecule has 0 spiro atoms. The third-order valence-electron chi connectivity index (χ3n) is 1.92. The largest absolute Gasteiger partial charge is 0.259 e. The first-order valence-electron chi connectivity index (χ1n) is 4.74. The van der Waals surface area contributed by atoms with E-state index in [9.17, 15) is 10.1 Å². The average molecular weight is 226 g/mol. The zero-order valence-electron chi connectivity index (χ0n) is 8.44. The van der Waals surface area contributed by atoms with Crippen LogP contribution in [0.5, 0.6) is 0 Å². The minimum atomic E-state index is -0.343. The summed E-state index contributed by atoms with van der Waals surface area (Å²) in [5.74, 6) is 0. The van der Waals surface area contributed by atoms with Gasteiger partial charge in [-0.25, -0.2) is 0 Å². The molecule has 0 unspecified atom stereocenters. The summed E-state index contributed by atoms with van der Waals surface area (Å²) >= 11 is 5.79. The monoisotopic (exact) mass is 225 g/mol. The predicted molar refractivity (Wildman–Crippen MR) is 61.3 cm³/mol. The number of benzene rings is 1. The maximum Gasteiger partial charge on any atom is 0.246 e. The fraction of sp³-hybridized carbons (Fsp3) is 0.273. The quantitative estimate of drug-likeness (QED) is 0.579. The van der Waals surface area contributed by atoms with Crippen LogP contribution in [0.3, 0.4) is 0 Å². The van der Waals surface area contributed by atoms with Crippen molar-refractivity contribution in [2.45, 2.75) is 19.8 Å². The molecule has 1 aromatic rings. The van der Waals surface area contributed by atoms with Gasteiger partial charge in [-0.1, -0.05) is 30.7 Å². The van der Waals surface area contributed by atoms with Gasteiger partial charge in [-0.05, 0) is 24.1 Å². The molecule has 80 valence electrons. The minimum absolute atomic E-state index is 0.222. The minimum Gasteiger partial charge on any atom is -0.259 e. The Bertz CT molecular complexity index is 388. The normalized spacial score (nSPS) is 11.5. The third-order valence-corrected chi connectivity index (χ3v) is 2.16. The number of nitro groups is 1. The number of hydrogen-bond acceptors (Lipinski definition) is 2. The molecule has 0 N–H and O–H groups in total. The molecule has 0 atom stereocenters. The van der Waals surface area contributed by atoms with Crippen molar-refractivity contribution >= 4 is 17.7 Å². The molecule has 0 aliphatic carbocycles. The molecular weight excluding hydrogens is 214 g/mol. The van der Waals surface area contributed by atoms with Crippen LogP contribution < -0.4 is 0 Å². The Morgan fingerprint density at radius 2 is 2.33 bits per heavy atom. The van der Waals surface area contributed by atoms with E-state index in [4.69, 9.17) is 11.6 Å². The van der Waals surface area contributed by atoms with Crippen LogP contribution in [0.25, 0.3) is 6.08 Å². The maximum absolute atomic E-state index is 10.7. The number of rotatable bonds is 4. The van der Waals surface area contributed by atoms with Gasteiger partial charge in [0.25, 0.3) is 0 Å². The number of hydrogen-bond donors (Lipinski definition) is 0. The maximum atomic E-state index is 10.7. The van der Waals surface area contributed by atoms with Crippen LogP contribution in [0.2, 0.25) is 5.02 Å². The lowest BCUT2D eigenvalue weighted by Gasteiger charge is -1.97. The Kier molecular flexibility index (Phi) is 4.31. The van der Waals surface area contributed by atoms with E-state index in [2.05, 4.69) is 0 Å². The molecule has 0 saturated heterocycles. The van der Waals surface area contributed by atoms with Crippen molar-refractivity contribution in [3.8, 4) is 0 Å². The summed E-state index contributed by atoms with van der Waals surface area (Å²) in [4.78, 5) is 10.3. The van der Waals surface area contributed by atoms with Gasteiger partial charge in [-0.15, -0.1) is 0 Å². The molecule has 0 fully saturated rings. The highest BCUT2D eigenvalue weighted by Crippen LogP contribution is 2.16. The summed E-state index contributed by atoms with van der Waals surface area (Å²) in [5.41, 5.74) is 0.988. The smallest absolute Gasteiger partial charge is 0.246 e. The van der Waals surface area contributed by atoms with E-state index in [0.29, 0.717) is 11.4 Å². The number of nitrogens with zero attached hydrogens (tertiary/aromatic N) is 1. The van der Waals surface area contributed by atoms with E-state index in [1.165, 1.54) is 0 Å². The summed E-state index contributed by atoms with van der Waals surface area (Å²) in [7, 11) is 0. The highest BCUT2D eigenvalue weighted by atomic mass is 35.5. The van der Waals surface area contributed by atoms with Gasteiger partial charge >= 0.3 is 0 Å². The fourth-order valence-corrected chi connectivity index (χ4v) is 1.46. The number of allylic oxidation sites excluding steroid dienone is 1. The van der Waals surface area contributed by atoms with Crippen molar-refractivity contribution in [1.29, 1.82) is 0 Å². The summed E-state index contributed by atoms with van der Waals surface area (Å²) in [6.07, 6.45) is 2.79. The molecule has 15 heavy (non-hydrogen) atoms. The van der Waals surface area contributed by atoms with Gasteiger partial charge < -0.3 is 0 Å². The molecule has 0 amide bonds. The predicted octanol–water partition coefficient (Wildman–Crippen LogP) is 3.76. The molecule has 0 bridgehead atoms. The molecule has 0 aromatic heterocycles. The van der Waals surface area contributed by atoms with Crippen molar-refractivity contribution in [3.63, 3.8) is 0 Å². The standard InChI is InChI=1S/C11H12ClNO2/c1-2-4-11(13(14)15)8-9-5-3-6-10(12)7-9/h3,5-8H,2,4H2,1H3/b11-8-. The van der Waals surface area contributed by atoms with E-state index in [1.54, 1.807) is 30.3 Å². The molecule has 0 heterocycles. The van der Waals surface area contributed by atoms with Gasteiger partial charge in [0.15, 0.2) is 0 Å². The SMILES string of the molecule is CCC/C(=C/c1cccc(Cl)c1)[N+](=O)[O-]. The summed E-state index contributed by atoms with van der Waals surface area (Å²) in [6, 6.07) is 7.02. The summed E-state index contributed by atoms with van der Waals surface area (Å²) in [5, 5.41) is 11.3. The van der Waals surface area contributed by atoms with Crippen LogP contribution in [0.15, 0.2) is 30.0 Å². The van der Waals surface area contributed by atoms with E-state index in [-0.39, 0.29) is 10.6 Å². The van der Waals surface area contributed by atoms with Gasteiger partial charge in [0, 0.05) is 17.5 Å². The van der Waals surface area contributed by atoms with Crippen LogP contribution in [0.1, 0.15) is 25.3 Å². The first-order valence-corrected chi connectivity index (χ1v) is 5.12. The molecule has 0 aliphatic heterocycles. The molecule has 1 aromatic carbocycles. The highest BCUT2D eigenvalue weighted by molar-refractivity contribution is 6.30. The van der Waals surface area contributed by atoms with Gasteiger partial charge in [0.2, 0.25) is 5.70 Å². The van der Waals surface area contributed by atoms with Gasteiger partial charge in [-0.3, -0.25) is 10.1 Å². The van der Waals surface area contributed by atoms with Gasteiger partial charge in [-0.2, -0.15) is 0 Å². The van der Waals surface area contributed by atoms with Crippen LogP contribution >= 0.6 is 11.6 Å². The molecule has 4 heteroatoms. The second-order valence-corrected chi connectivity index (χ2v) is 3.63. The van der Waals surface area contributed by atoms with E-state index in [0.717, 1.165) is 12.0 Å². The van der Waals surface area contributed by atoms with Crippen LogP contribution in [-0.2, 0) is 0 Å². The van der Waals surface area contributed by atoms with Crippen LogP contribution in [0.4, 0.5) is 0 Å². The number of halogens is 1. The first kappa shape index (κ1) is 11.7. The fourth-order valence-electron chi connectivity index (χ4n) is 1.26. The Morgan fingerprint density at radius 3 is 2.87 bits per heavy atom. The lowest BCUT2D eigenvalue weighted by atomic mass is 10.1. The second-order valence-electron chi connectivity index (χ2n) is 3.20.